The van der Waals surface area contributed by atoms with Gasteiger partial charge in [-0.15, -0.1) is 0 Å². The van der Waals surface area contributed by atoms with Crippen LogP contribution < -0.4 is 4.74 Å². The number of ether oxygens (including phenoxy) is 1. The summed E-state index contributed by atoms with van der Waals surface area (Å²) in [5.41, 5.74) is 0.521. The lowest BCUT2D eigenvalue weighted by molar-refractivity contribution is -0.136. The summed E-state index contributed by atoms with van der Waals surface area (Å²) in [5, 5.41) is 0.183. The maximum absolute atomic E-state index is 14.0. The number of benzene rings is 4. The summed E-state index contributed by atoms with van der Waals surface area (Å²) >= 11 is 0. The van der Waals surface area contributed by atoms with Gasteiger partial charge in [-0.1, -0.05) is 72.8 Å². The molecule has 37 heavy (non-hydrogen) atoms. The van der Waals surface area contributed by atoms with Crippen LogP contribution in [-0.2, 0) is 12.8 Å². The molecule has 0 aliphatic heterocycles. The van der Waals surface area contributed by atoms with E-state index < -0.39 is 17.6 Å². The van der Waals surface area contributed by atoms with Gasteiger partial charge in [-0.05, 0) is 29.8 Å². The fourth-order valence-electron chi connectivity index (χ4n) is 4.20. The third-order valence-corrected chi connectivity index (χ3v) is 5.96. The minimum absolute atomic E-state index is 0.0404. The number of hydrogen-bond acceptors (Lipinski definition) is 3. The summed E-state index contributed by atoms with van der Waals surface area (Å²) in [4.78, 5) is 17.5. The summed E-state index contributed by atoms with van der Waals surface area (Å²) in [5.74, 6) is -0.412. The molecule has 7 heteroatoms. The van der Waals surface area contributed by atoms with E-state index in [-0.39, 0.29) is 28.9 Å². The van der Waals surface area contributed by atoms with Gasteiger partial charge in [0.05, 0.1) is 11.1 Å². The standard InChI is InChI=1S/C30H19F4NO2/c31-26-15-5-4-10-21(26)18-37-22-12-6-11-20(16-22)27-23-13-7-14-25(30(32,33)34)28(23)35-17-24(27)29(36)19-8-2-1-3-9-19/h1-17H,18H2. The van der Waals surface area contributed by atoms with Crippen molar-refractivity contribution >= 4 is 16.7 Å². The highest BCUT2D eigenvalue weighted by Crippen LogP contribution is 2.39. The first-order chi connectivity index (χ1) is 17.8. The summed E-state index contributed by atoms with van der Waals surface area (Å²) in [7, 11) is 0. The molecule has 0 N–H and O–H groups in total. The molecule has 5 rings (SSSR count). The average molecular weight is 501 g/mol. The maximum Gasteiger partial charge on any atom is 0.418 e. The van der Waals surface area contributed by atoms with E-state index in [1.165, 1.54) is 24.4 Å². The van der Waals surface area contributed by atoms with Crippen LogP contribution in [0.4, 0.5) is 17.6 Å². The summed E-state index contributed by atoms with van der Waals surface area (Å²) < 4.78 is 61.2. The predicted octanol–water partition coefficient (Wildman–Crippen LogP) is 7.87. The Morgan fingerprint density at radius 2 is 1.57 bits per heavy atom. The Morgan fingerprint density at radius 1 is 0.838 bits per heavy atom. The molecule has 0 spiro atoms. The second-order valence-electron chi connectivity index (χ2n) is 8.35. The van der Waals surface area contributed by atoms with E-state index in [1.807, 2.05) is 0 Å². The number of aromatic nitrogens is 1. The van der Waals surface area contributed by atoms with Gasteiger partial charge < -0.3 is 4.74 Å². The van der Waals surface area contributed by atoms with Crippen molar-refractivity contribution in [1.29, 1.82) is 0 Å². The van der Waals surface area contributed by atoms with E-state index in [4.69, 9.17) is 4.74 Å². The van der Waals surface area contributed by atoms with Crippen LogP contribution in [-0.4, -0.2) is 10.8 Å². The van der Waals surface area contributed by atoms with Crippen LogP contribution in [0.25, 0.3) is 22.0 Å². The van der Waals surface area contributed by atoms with Gasteiger partial charge in [-0.25, -0.2) is 4.39 Å². The second kappa shape index (κ2) is 9.85. The average Bonchev–Trinajstić information content (AvgIpc) is 2.91. The number of alkyl halides is 3. The molecule has 0 aliphatic rings. The quantitative estimate of drug-likeness (QED) is 0.176. The molecule has 4 aromatic carbocycles. The zero-order valence-corrected chi connectivity index (χ0v) is 19.3. The monoisotopic (exact) mass is 501 g/mol. The Kier molecular flexibility index (Phi) is 6.44. The van der Waals surface area contributed by atoms with Crippen molar-refractivity contribution in [2.45, 2.75) is 12.8 Å². The highest BCUT2D eigenvalue weighted by molar-refractivity contribution is 6.16. The number of fused-ring (bicyclic) bond motifs is 1. The molecule has 0 unspecified atom stereocenters. The Balaban J connectivity index is 1.66. The number of halogens is 4. The summed E-state index contributed by atoms with van der Waals surface area (Å²) in [6.07, 6.45) is -3.44. The molecule has 0 radical (unpaired) electrons. The Labute approximate surface area is 210 Å². The number of pyridine rings is 1. The van der Waals surface area contributed by atoms with Crippen molar-refractivity contribution in [2.24, 2.45) is 0 Å². The van der Waals surface area contributed by atoms with Crippen molar-refractivity contribution < 1.29 is 27.1 Å². The fraction of sp³-hybridized carbons (Fsp3) is 0.0667. The van der Waals surface area contributed by atoms with Gasteiger partial charge in [0.25, 0.3) is 0 Å². The van der Waals surface area contributed by atoms with Crippen LogP contribution in [0.1, 0.15) is 27.0 Å². The van der Waals surface area contributed by atoms with E-state index in [9.17, 15) is 22.4 Å². The van der Waals surface area contributed by atoms with Gasteiger partial charge in [0.2, 0.25) is 0 Å². The predicted molar refractivity (Wildman–Crippen MR) is 133 cm³/mol. The second-order valence-corrected chi connectivity index (χ2v) is 8.35. The molecule has 0 atom stereocenters. The van der Waals surface area contributed by atoms with Gasteiger partial charge in [0.1, 0.15) is 18.2 Å². The molecule has 3 nitrogen and oxygen atoms in total. The first-order valence-electron chi connectivity index (χ1n) is 11.4. The molecule has 0 fully saturated rings. The van der Waals surface area contributed by atoms with Crippen LogP contribution in [0.2, 0.25) is 0 Å². The van der Waals surface area contributed by atoms with Gasteiger partial charge in [-0.3, -0.25) is 9.78 Å². The number of ketones is 1. The van der Waals surface area contributed by atoms with E-state index in [1.54, 1.807) is 72.8 Å². The van der Waals surface area contributed by atoms with Gasteiger partial charge in [0.15, 0.2) is 5.78 Å². The summed E-state index contributed by atoms with van der Waals surface area (Å²) in [6, 6.07) is 25.1. The minimum atomic E-state index is -4.63. The first-order valence-corrected chi connectivity index (χ1v) is 11.4. The van der Waals surface area contributed by atoms with Crippen LogP contribution in [0.5, 0.6) is 5.75 Å². The molecule has 1 aromatic heterocycles. The van der Waals surface area contributed by atoms with Crippen LogP contribution in [0, 0.1) is 5.82 Å². The third kappa shape index (κ3) is 4.93. The van der Waals surface area contributed by atoms with Crippen LogP contribution in [0.3, 0.4) is 0 Å². The zero-order valence-electron chi connectivity index (χ0n) is 19.3. The van der Waals surface area contributed by atoms with Crippen molar-refractivity contribution in [3.8, 4) is 16.9 Å². The Bertz CT molecular complexity index is 1600. The molecule has 184 valence electrons. The molecule has 1 heterocycles. The number of hydrogen-bond donors (Lipinski definition) is 0. The van der Waals surface area contributed by atoms with Crippen molar-refractivity contribution in [1.82, 2.24) is 4.98 Å². The van der Waals surface area contributed by atoms with Gasteiger partial charge in [-0.2, -0.15) is 13.2 Å². The molecule has 0 amide bonds. The minimum Gasteiger partial charge on any atom is -0.489 e. The largest absolute Gasteiger partial charge is 0.489 e. The molecule has 0 bridgehead atoms. The number of carbonyl (C=O) groups excluding carboxylic acids is 1. The van der Waals surface area contributed by atoms with E-state index in [0.717, 1.165) is 6.07 Å². The van der Waals surface area contributed by atoms with Crippen molar-refractivity contribution in [3.05, 3.63) is 131 Å². The highest BCUT2D eigenvalue weighted by atomic mass is 19.4. The molecular formula is C30H19F4NO2. The SMILES string of the molecule is O=C(c1ccccc1)c1cnc2c(C(F)(F)F)cccc2c1-c1cccc(OCc2ccccc2F)c1. The van der Waals surface area contributed by atoms with Crippen LogP contribution >= 0.6 is 0 Å². The first kappa shape index (κ1) is 24.2. The van der Waals surface area contributed by atoms with E-state index in [0.29, 0.717) is 28.0 Å². The van der Waals surface area contributed by atoms with E-state index in [2.05, 4.69) is 4.98 Å². The number of rotatable bonds is 6. The Hall–Kier alpha value is -4.52. The lowest BCUT2D eigenvalue weighted by Crippen LogP contribution is -2.09. The lowest BCUT2D eigenvalue weighted by atomic mass is 9.91. The van der Waals surface area contributed by atoms with Gasteiger partial charge in [0, 0.05) is 33.8 Å². The number of carbonyl (C=O) groups is 1. The normalized spacial score (nSPS) is 11.5. The smallest absolute Gasteiger partial charge is 0.418 e. The topological polar surface area (TPSA) is 39.2 Å². The fourth-order valence-corrected chi connectivity index (χ4v) is 4.20. The highest BCUT2D eigenvalue weighted by Gasteiger charge is 2.34. The number of para-hydroxylation sites is 1. The number of nitrogens with zero attached hydrogens (tertiary/aromatic N) is 1. The molecular weight excluding hydrogens is 482 g/mol. The molecule has 5 aromatic rings. The Morgan fingerprint density at radius 3 is 2.32 bits per heavy atom. The summed E-state index contributed by atoms with van der Waals surface area (Å²) in [6.45, 7) is -0.0404. The molecule has 0 aliphatic carbocycles. The maximum atomic E-state index is 14.0. The molecule has 0 saturated heterocycles. The lowest BCUT2D eigenvalue weighted by Gasteiger charge is -2.16. The molecule has 0 saturated carbocycles. The van der Waals surface area contributed by atoms with Gasteiger partial charge >= 0.3 is 6.18 Å². The van der Waals surface area contributed by atoms with Crippen molar-refractivity contribution in [2.75, 3.05) is 0 Å². The third-order valence-electron chi connectivity index (χ3n) is 5.96. The van der Waals surface area contributed by atoms with E-state index >= 15 is 0 Å². The van der Waals surface area contributed by atoms with Crippen molar-refractivity contribution in [3.63, 3.8) is 0 Å². The zero-order chi connectivity index (χ0) is 26.0. The van der Waals surface area contributed by atoms with Crippen LogP contribution in [0.15, 0.2) is 103 Å².